The SMILES string of the molecule is C[N+]1(Cc2ccccc2)CCO[C@H]([C@@H]2C[N+](C)(Cc3ccccc3)CCO2)C1. The first-order valence-corrected chi connectivity index (χ1v) is 10.5. The van der Waals surface area contributed by atoms with Crippen molar-refractivity contribution in [1.29, 1.82) is 0 Å². The minimum atomic E-state index is 0.177. The van der Waals surface area contributed by atoms with Crippen LogP contribution in [-0.2, 0) is 22.6 Å². The number of hydrogen-bond donors (Lipinski definition) is 0. The topological polar surface area (TPSA) is 18.5 Å². The first-order chi connectivity index (χ1) is 13.5. The molecule has 2 fully saturated rings. The summed E-state index contributed by atoms with van der Waals surface area (Å²) in [7, 11) is 4.73. The van der Waals surface area contributed by atoms with Gasteiger partial charge in [0.2, 0.25) is 0 Å². The van der Waals surface area contributed by atoms with Crippen molar-refractivity contribution in [3.63, 3.8) is 0 Å². The molecule has 0 spiro atoms. The van der Waals surface area contributed by atoms with Gasteiger partial charge in [-0.2, -0.15) is 0 Å². The van der Waals surface area contributed by atoms with Gasteiger partial charge in [0.15, 0.2) is 0 Å². The van der Waals surface area contributed by atoms with E-state index in [1.807, 2.05) is 0 Å². The third kappa shape index (κ3) is 4.81. The van der Waals surface area contributed by atoms with Gasteiger partial charge >= 0.3 is 0 Å². The van der Waals surface area contributed by atoms with Gasteiger partial charge in [0.1, 0.15) is 51.5 Å². The summed E-state index contributed by atoms with van der Waals surface area (Å²) in [5, 5.41) is 0. The monoisotopic (exact) mass is 382 g/mol. The van der Waals surface area contributed by atoms with E-state index in [1.54, 1.807) is 0 Å². The number of hydrogen-bond acceptors (Lipinski definition) is 2. The van der Waals surface area contributed by atoms with E-state index in [9.17, 15) is 0 Å². The fraction of sp³-hybridized carbons (Fsp3) is 0.500. The Balaban J connectivity index is 1.41. The van der Waals surface area contributed by atoms with Crippen molar-refractivity contribution >= 4 is 0 Å². The molecule has 2 aromatic rings. The lowest BCUT2D eigenvalue weighted by Crippen LogP contribution is -2.63. The first kappa shape index (κ1) is 19.6. The molecule has 0 amide bonds. The standard InChI is InChI=1S/C24H34N2O2/c1-25(17-21-9-5-3-6-10-21)13-15-27-23(19-25)24-20-26(2,14-16-28-24)18-22-11-7-4-8-12-22/h3-12,23-24H,13-20H2,1-2H3/q+2/t23-,24-,25?,26?/m0/s1. The van der Waals surface area contributed by atoms with Crippen molar-refractivity contribution < 1.29 is 18.4 Å². The number of morpholine rings is 2. The van der Waals surface area contributed by atoms with Crippen molar-refractivity contribution in [2.24, 2.45) is 0 Å². The molecule has 2 heterocycles. The van der Waals surface area contributed by atoms with Gasteiger partial charge in [-0.05, 0) is 0 Å². The molecular weight excluding hydrogens is 348 g/mol. The highest BCUT2D eigenvalue weighted by molar-refractivity contribution is 5.14. The van der Waals surface area contributed by atoms with Gasteiger partial charge in [0.25, 0.3) is 0 Å². The Kier molecular flexibility index (Phi) is 5.83. The van der Waals surface area contributed by atoms with Crippen molar-refractivity contribution in [1.82, 2.24) is 0 Å². The van der Waals surface area contributed by atoms with Crippen LogP contribution in [0.4, 0.5) is 0 Å². The Labute approximate surface area is 169 Å². The quantitative estimate of drug-likeness (QED) is 0.740. The number of quaternary nitrogens is 2. The fourth-order valence-corrected chi connectivity index (χ4v) is 4.79. The van der Waals surface area contributed by atoms with Gasteiger partial charge in [0.05, 0.1) is 27.3 Å². The summed E-state index contributed by atoms with van der Waals surface area (Å²) in [6, 6.07) is 21.7. The van der Waals surface area contributed by atoms with E-state index in [0.717, 1.165) is 61.4 Å². The van der Waals surface area contributed by atoms with E-state index in [-0.39, 0.29) is 12.2 Å². The average Bonchev–Trinajstić information content (AvgIpc) is 2.69. The summed E-state index contributed by atoms with van der Waals surface area (Å²) < 4.78 is 14.5. The maximum atomic E-state index is 6.24. The molecule has 4 atom stereocenters. The molecule has 0 radical (unpaired) electrons. The fourth-order valence-electron chi connectivity index (χ4n) is 4.79. The highest BCUT2D eigenvalue weighted by atomic mass is 16.5. The van der Waals surface area contributed by atoms with Gasteiger partial charge in [-0.25, -0.2) is 0 Å². The minimum Gasteiger partial charge on any atom is -0.364 e. The Hall–Kier alpha value is -1.72. The molecule has 0 bridgehead atoms. The van der Waals surface area contributed by atoms with Crippen molar-refractivity contribution in [3.8, 4) is 0 Å². The van der Waals surface area contributed by atoms with Crippen LogP contribution in [-0.4, -0.2) is 74.7 Å². The number of benzene rings is 2. The second-order valence-electron chi connectivity index (χ2n) is 9.16. The molecule has 4 nitrogen and oxygen atoms in total. The van der Waals surface area contributed by atoms with Crippen LogP contribution in [0.15, 0.2) is 60.7 Å². The van der Waals surface area contributed by atoms with Crippen LogP contribution in [0.25, 0.3) is 0 Å². The minimum absolute atomic E-state index is 0.177. The maximum absolute atomic E-state index is 6.24. The van der Waals surface area contributed by atoms with Crippen LogP contribution in [0.5, 0.6) is 0 Å². The number of ether oxygens (including phenoxy) is 2. The van der Waals surface area contributed by atoms with Crippen LogP contribution >= 0.6 is 0 Å². The Morgan fingerprint density at radius 3 is 1.46 bits per heavy atom. The number of nitrogens with zero attached hydrogens (tertiary/aromatic N) is 2. The van der Waals surface area contributed by atoms with Gasteiger partial charge in [0, 0.05) is 11.1 Å². The van der Waals surface area contributed by atoms with E-state index in [1.165, 1.54) is 11.1 Å². The molecule has 28 heavy (non-hydrogen) atoms. The molecule has 2 aliphatic heterocycles. The largest absolute Gasteiger partial charge is 0.364 e. The summed E-state index contributed by atoms with van der Waals surface area (Å²) in [5.74, 6) is 0. The van der Waals surface area contributed by atoms with Gasteiger partial charge in [-0.3, -0.25) is 0 Å². The lowest BCUT2D eigenvalue weighted by Gasteiger charge is -2.47. The summed E-state index contributed by atoms with van der Waals surface area (Å²) in [6.07, 6.45) is 0.354. The molecule has 0 aliphatic carbocycles. The second-order valence-corrected chi connectivity index (χ2v) is 9.16. The van der Waals surface area contributed by atoms with E-state index in [4.69, 9.17) is 9.47 Å². The maximum Gasteiger partial charge on any atom is 0.138 e. The lowest BCUT2D eigenvalue weighted by atomic mass is 10.0. The summed E-state index contributed by atoms with van der Waals surface area (Å²) in [4.78, 5) is 0. The summed E-state index contributed by atoms with van der Waals surface area (Å²) in [5.41, 5.74) is 2.81. The van der Waals surface area contributed by atoms with Crippen LogP contribution in [0.3, 0.4) is 0 Å². The molecular formula is C24H34N2O2+2. The smallest absolute Gasteiger partial charge is 0.138 e. The summed E-state index contributed by atoms with van der Waals surface area (Å²) >= 11 is 0. The van der Waals surface area contributed by atoms with Crippen molar-refractivity contribution in [2.75, 3.05) is 53.5 Å². The Morgan fingerprint density at radius 2 is 1.07 bits per heavy atom. The zero-order valence-electron chi connectivity index (χ0n) is 17.3. The average molecular weight is 383 g/mol. The predicted octanol–water partition coefficient (Wildman–Crippen LogP) is 3.08. The van der Waals surface area contributed by atoms with E-state index in [0.29, 0.717) is 0 Å². The first-order valence-electron chi connectivity index (χ1n) is 10.5. The normalized spacial score (nSPS) is 33.5. The van der Waals surface area contributed by atoms with Crippen molar-refractivity contribution in [3.05, 3.63) is 71.8 Å². The molecule has 2 aromatic carbocycles. The Morgan fingerprint density at radius 1 is 0.679 bits per heavy atom. The molecule has 2 saturated heterocycles. The molecule has 0 N–H and O–H groups in total. The van der Waals surface area contributed by atoms with Crippen LogP contribution < -0.4 is 0 Å². The molecule has 4 heteroatoms. The number of rotatable bonds is 5. The van der Waals surface area contributed by atoms with Crippen LogP contribution in [0, 0.1) is 0 Å². The van der Waals surface area contributed by atoms with Crippen molar-refractivity contribution in [2.45, 2.75) is 25.3 Å². The van der Waals surface area contributed by atoms with E-state index in [2.05, 4.69) is 74.8 Å². The zero-order chi connectivity index (χ0) is 19.5. The molecule has 2 aliphatic rings. The third-order valence-corrected chi connectivity index (χ3v) is 6.40. The van der Waals surface area contributed by atoms with Gasteiger partial charge < -0.3 is 18.4 Å². The summed E-state index contributed by atoms with van der Waals surface area (Å²) in [6.45, 7) is 7.91. The molecule has 0 aromatic heterocycles. The van der Waals surface area contributed by atoms with Crippen LogP contribution in [0.2, 0.25) is 0 Å². The van der Waals surface area contributed by atoms with Gasteiger partial charge in [-0.15, -0.1) is 0 Å². The predicted molar refractivity (Wildman–Crippen MR) is 112 cm³/mol. The number of likely N-dealkylation sites (N-methyl/N-ethyl adjacent to an activating group) is 2. The lowest BCUT2D eigenvalue weighted by molar-refractivity contribution is -0.943. The van der Waals surface area contributed by atoms with Crippen LogP contribution in [0.1, 0.15) is 11.1 Å². The highest BCUT2D eigenvalue weighted by Crippen LogP contribution is 2.25. The zero-order valence-corrected chi connectivity index (χ0v) is 17.3. The van der Waals surface area contributed by atoms with E-state index >= 15 is 0 Å². The van der Waals surface area contributed by atoms with Gasteiger partial charge in [-0.1, -0.05) is 60.7 Å². The van der Waals surface area contributed by atoms with E-state index < -0.39 is 0 Å². The molecule has 2 unspecified atom stereocenters. The third-order valence-electron chi connectivity index (χ3n) is 6.40. The molecule has 0 saturated carbocycles. The second kappa shape index (κ2) is 8.34. The molecule has 150 valence electrons. The Bertz CT molecular complexity index is 688. The molecule has 4 rings (SSSR count). The highest BCUT2D eigenvalue weighted by Gasteiger charge is 2.42.